The summed E-state index contributed by atoms with van der Waals surface area (Å²) in [4.78, 5) is 55.3. The van der Waals surface area contributed by atoms with Gasteiger partial charge in [0.05, 0.1) is 23.5 Å². The van der Waals surface area contributed by atoms with Crippen LogP contribution in [0.5, 0.6) is 0 Å². The van der Waals surface area contributed by atoms with Gasteiger partial charge in [0.25, 0.3) is 0 Å². The first kappa shape index (κ1) is 62.7. The minimum atomic E-state index is -5.00. The number of alkyl halides is 3. The summed E-state index contributed by atoms with van der Waals surface area (Å²) >= 11 is 0. The Bertz CT molecular complexity index is 2790. The molecule has 13 nitrogen and oxygen atoms in total. The summed E-state index contributed by atoms with van der Waals surface area (Å²) < 4.78 is 67.1. The molecule has 430 valence electrons. The van der Waals surface area contributed by atoms with Gasteiger partial charge in [-0.2, -0.15) is 13.2 Å². The van der Waals surface area contributed by atoms with Crippen molar-refractivity contribution in [3.8, 4) is 11.1 Å². The molecule has 4 atom stereocenters. The maximum atomic E-state index is 14.6. The van der Waals surface area contributed by atoms with Crippen LogP contribution >= 0.6 is 21.6 Å². The first-order valence-corrected chi connectivity index (χ1v) is 31.4. The Labute approximate surface area is 464 Å². The number of nitrogens with one attached hydrogen (secondary N) is 2. The summed E-state index contributed by atoms with van der Waals surface area (Å²) in [6, 6.07) is 33.1. The Kier molecular flexibility index (Phi) is 23.2. The summed E-state index contributed by atoms with van der Waals surface area (Å²) in [5, 5.41) is 23.8. The quantitative estimate of drug-likeness (QED) is 0.0161. The number of rotatable bonds is 28. The zero-order valence-corrected chi connectivity index (χ0v) is 50.2. The van der Waals surface area contributed by atoms with E-state index in [9.17, 15) is 42.6 Å². The van der Waals surface area contributed by atoms with Crippen LogP contribution in [0.2, 0.25) is 18.1 Å². The molecule has 79 heavy (non-hydrogen) atoms. The van der Waals surface area contributed by atoms with Gasteiger partial charge in [-0.15, -0.1) is 0 Å². The third-order valence-corrected chi connectivity index (χ3v) is 20.6. The SMILES string of the molecule is CCCCCCCCC(/C=C/c1cccc(CC(O[Si](C)(C)C(C)(C)C)c2cccc(C(=O)O)c2)n1)OC(NC(=O)OCc1ccc(SSCC(NC(=O)OCC2c3ccccc3-c3ccccc32)C(=O)O)cc1)C(F)(F)F.[Fm]. The average Bonchev–Trinajstić information content (AvgIpc) is 3.73. The van der Waals surface area contributed by atoms with Gasteiger partial charge < -0.3 is 34.2 Å². The Hall–Kier alpha value is -7.12. The van der Waals surface area contributed by atoms with Gasteiger partial charge in [-0.05, 0) is 100 Å². The molecule has 6 rings (SSSR count). The fraction of sp³-hybridized carbons (Fsp3) is 0.407. The monoisotopic (exact) mass is 1390 g/mol. The Morgan fingerprint density at radius 1 is 0.785 bits per heavy atom. The van der Waals surface area contributed by atoms with Crippen LogP contribution in [0.1, 0.15) is 129 Å². The van der Waals surface area contributed by atoms with Crippen LogP contribution in [0, 0.1) is 0 Å². The molecule has 0 bridgehead atoms. The second kappa shape index (κ2) is 29.2. The zero-order valence-electron chi connectivity index (χ0n) is 45.1. The van der Waals surface area contributed by atoms with Gasteiger partial charge in [0, 0.05) is 28.7 Å². The number of carboxylic acids is 2. The number of unbranched alkanes of at least 4 members (excludes halogenated alkanes) is 5. The summed E-state index contributed by atoms with van der Waals surface area (Å²) in [5.74, 6) is -2.48. The Morgan fingerprint density at radius 2 is 1.42 bits per heavy atom. The summed E-state index contributed by atoms with van der Waals surface area (Å²) in [7, 11) is 0.0577. The van der Waals surface area contributed by atoms with Crippen molar-refractivity contribution in [1.82, 2.24) is 15.6 Å². The van der Waals surface area contributed by atoms with E-state index in [1.807, 2.05) is 66.0 Å². The molecular formula is C59H70F3FmN3O10S2Si. The van der Waals surface area contributed by atoms with Gasteiger partial charge in [-0.1, -0.05) is 173 Å². The number of aliphatic carboxylic acids is 1. The number of amides is 2. The largest absolute Gasteiger partial charge is 0.480 e. The molecular weight excluding hydrogens is 1320 g/mol. The number of halogens is 3. The van der Waals surface area contributed by atoms with E-state index in [1.54, 1.807) is 54.6 Å². The molecule has 1 aliphatic rings. The van der Waals surface area contributed by atoms with E-state index in [1.165, 1.54) is 33.7 Å². The number of aromatic nitrogens is 1. The number of carbonyl (C=O) groups is 4. The molecule has 4 aromatic carbocycles. The van der Waals surface area contributed by atoms with E-state index in [0.717, 1.165) is 54.4 Å². The zero-order chi connectivity index (χ0) is 56.5. The first-order valence-electron chi connectivity index (χ1n) is 26.1. The van der Waals surface area contributed by atoms with Crippen LogP contribution in [0.4, 0.5) is 22.8 Å². The fourth-order valence-corrected chi connectivity index (χ4v) is 12.0. The smallest absolute Gasteiger partial charge is 0.433 e. The van der Waals surface area contributed by atoms with Crippen LogP contribution in [0.3, 0.4) is 0 Å². The molecule has 0 spiro atoms. The summed E-state index contributed by atoms with van der Waals surface area (Å²) in [5.41, 5.74) is 6.58. The Morgan fingerprint density at radius 3 is 2.05 bits per heavy atom. The van der Waals surface area contributed by atoms with Crippen molar-refractivity contribution in [2.75, 3.05) is 12.4 Å². The molecule has 1 aromatic heterocycles. The molecule has 1 heterocycles. The second-order valence-corrected chi connectivity index (χ2v) is 27.8. The van der Waals surface area contributed by atoms with Crippen LogP contribution in [-0.4, -0.2) is 84.5 Å². The van der Waals surface area contributed by atoms with Crippen LogP contribution in [0.25, 0.3) is 17.2 Å². The molecule has 0 saturated heterocycles. The van der Waals surface area contributed by atoms with E-state index in [4.69, 9.17) is 23.6 Å². The third-order valence-electron chi connectivity index (χ3n) is 13.8. The number of nitrogens with zero attached hydrogens (tertiary/aromatic N) is 1. The number of ether oxygens (including phenoxy) is 3. The Balaban J connectivity index is 0.0000115. The standard InChI is InChI=1S/C59H70F3N3O10S2Si.Fm/c1-7-8-9-10-11-12-23-44(31-30-42-21-18-22-43(63-42)35-52(75-78(5,6)58(2,3)4)40-19-17-20-41(34-40)53(66)67)74-55(59(60,61)62)65-57(71)72-36-39-28-32-45(33-29-39)77-76-38-51(54(68)69)64-56(70)73-37-50-48-26-15-13-24-46(48)47-25-14-16-27-49(47)50;/h13-22,24-34,44,50-52,55H,7-12,23,35-38H2,1-6H3,(H,64,70)(H,65,71)(H,66,67)(H,68,69);/b31-30+;. The van der Waals surface area contributed by atoms with Crippen LogP contribution in [-0.2, 0) is 36.5 Å². The predicted octanol–water partition coefficient (Wildman–Crippen LogP) is 14.8. The number of carbonyl (C=O) groups excluding carboxylic acids is 2. The van der Waals surface area contributed by atoms with Crippen molar-refractivity contribution in [3.05, 3.63) is 161 Å². The van der Waals surface area contributed by atoms with Crippen molar-refractivity contribution in [3.63, 3.8) is 0 Å². The van der Waals surface area contributed by atoms with Crippen molar-refractivity contribution < 1.29 is 61.2 Å². The van der Waals surface area contributed by atoms with Gasteiger partial charge in [-0.25, -0.2) is 19.2 Å². The maximum absolute atomic E-state index is 14.6. The molecule has 0 fully saturated rings. The average molecular weight is 1390 g/mol. The normalized spacial score (nSPS) is 14.0. The minimum absolute atomic E-state index is 0. The molecule has 20 heteroatoms. The maximum Gasteiger partial charge on any atom is 0.433 e. The second-order valence-electron chi connectivity index (χ2n) is 20.7. The van der Waals surface area contributed by atoms with Crippen molar-refractivity contribution in [2.24, 2.45) is 0 Å². The van der Waals surface area contributed by atoms with Gasteiger partial charge in [-0.3, -0.25) is 10.3 Å². The number of carboxylic acid groups (broad SMARTS) is 2. The number of hydrogen-bond donors (Lipinski definition) is 4. The topological polar surface area (TPSA) is 183 Å². The molecule has 4 N–H and O–H groups in total. The number of fused-ring (bicyclic) bond motifs is 3. The van der Waals surface area contributed by atoms with E-state index < -0.39 is 63.1 Å². The summed E-state index contributed by atoms with van der Waals surface area (Å²) in [6.45, 7) is 12.4. The molecule has 1 aliphatic carbocycles. The number of benzene rings is 4. The molecule has 0 saturated carbocycles. The molecule has 0 radical (unpaired) electrons. The van der Waals surface area contributed by atoms with Crippen molar-refractivity contribution >= 4 is 60.1 Å². The van der Waals surface area contributed by atoms with E-state index in [0.29, 0.717) is 40.3 Å². The van der Waals surface area contributed by atoms with Gasteiger partial charge in [0.2, 0.25) is 6.23 Å². The van der Waals surface area contributed by atoms with E-state index >= 15 is 0 Å². The number of aromatic carboxylic acids is 1. The molecule has 0 aliphatic heterocycles. The molecule has 2 amide bonds. The first-order chi connectivity index (χ1) is 37.1. The van der Waals surface area contributed by atoms with Gasteiger partial charge in [0.15, 0.2) is 8.32 Å². The number of alkyl carbamates (subject to hydrolysis) is 2. The number of pyridine rings is 1. The minimum Gasteiger partial charge on any atom is -0.480 e. The van der Waals surface area contributed by atoms with E-state index in [-0.39, 0.29) is 41.9 Å². The van der Waals surface area contributed by atoms with Gasteiger partial charge >= 0.3 is 30.3 Å². The van der Waals surface area contributed by atoms with Gasteiger partial charge in [0.1, 0.15) is 19.3 Å². The molecule has 5 aromatic rings. The van der Waals surface area contributed by atoms with E-state index in [2.05, 4.69) is 46.1 Å². The third kappa shape index (κ3) is 18.8. The van der Waals surface area contributed by atoms with Crippen molar-refractivity contribution in [1.29, 1.82) is 0 Å². The van der Waals surface area contributed by atoms with Crippen LogP contribution in [0.15, 0.2) is 126 Å². The summed E-state index contributed by atoms with van der Waals surface area (Å²) in [6.07, 6.45) is -2.43. The molecule has 4 unspecified atom stereocenters. The number of hydrogen-bond acceptors (Lipinski definition) is 11. The van der Waals surface area contributed by atoms with Crippen molar-refractivity contribution in [2.45, 2.75) is 145 Å². The fourth-order valence-electron chi connectivity index (χ4n) is 8.50. The predicted molar refractivity (Wildman–Crippen MR) is 302 cm³/mol. The van der Waals surface area contributed by atoms with Crippen LogP contribution < -0.4 is 10.6 Å².